The van der Waals surface area contributed by atoms with Gasteiger partial charge < -0.3 is 18.0 Å². The van der Waals surface area contributed by atoms with Crippen LogP contribution in [0.25, 0.3) is 5.57 Å². The number of ether oxygens (including phenoxy) is 1. The van der Waals surface area contributed by atoms with Crippen LogP contribution >= 0.6 is 0 Å². The van der Waals surface area contributed by atoms with E-state index >= 15 is 0 Å². The van der Waals surface area contributed by atoms with Crippen LogP contribution in [-0.4, -0.2) is 42.3 Å². The zero-order valence-corrected chi connectivity index (χ0v) is 13.3. The highest BCUT2D eigenvalue weighted by Gasteiger charge is 2.40. The number of rotatable bonds is 7. The maximum atomic E-state index is 11.9. The SMILES string of the molecule is C=C(C)c1ccc(C(=O)OC[Si](OC)(OC)OC)cc1. The molecule has 0 saturated carbocycles. The molecule has 1 rings (SSSR count). The normalized spacial score (nSPS) is 11.2. The van der Waals surface area contributed by atoms with Gasteiger partial charge in [-0.25, -0.2) is 4.79 Å². The van der Waals surface area contributed by atoms with Crippen molar-refractivity contribution in [2.24, 2.45) is 0 Å². The first-order valence-corrected chi connectivity index (χ1v) is 7.99. The Kier molecular flexibility index (Phi) is 6.09. The number of benzene rings is 1. The van der Waals surface area contributed by atoms with Gasteiger partial charge in [0.2, 0.25) is 0 Å². The lowest BCUT2D eigenvalue weighted by Gasteiger charge is -2.23. The second-order valence-corrected chi connectivity index (χ2v) is 7.11. The van der Waals surface area contributed by atoms with Crippen LogP contribution in [0.1, 0.15) is 22.8 Å². The highest BCUT2D eigenvalue weighted by molar-refractivity contribution is 6.60. The minimum Gasteiger partial charge on any atom is -0.457 e. The van der Waals surface area contributed by atoms with Crippen LogP contribution in [0.2, 0.25) is 0 Å². The Labute approximate surface area is 120 Å². The molecule has 0 aliphatic rings. The second-order valence-electron chi connectivity index (χ2n) is 4.23. The monoisotopic (exact) mass is 296 g/mol. The van der Waals surface area contributed by atoms with Crippen LogP contribution in [-0.2, 0) is 18.0 Å². The number of carbonyl (C=O) groups excluding carboxylic acids is 1. The predicted molar refractivity (Wildman–Crippen MR) is 78.2 cm³/mol. The maximum absolute atomic E-state index is 11.9. The molecule has 0 unspecified atom stereocenters. The first-order chi connectivity index (χ1) is 9.48. The van der Waals surface area contributed by atoms with Gasteiger partial charge in [-0.15, -0.1) is 0 Å². The van der Waals surface area contributed by atoms with Gasteiger partial charge >= 0.3 is 14.8 Å². The topological polar surface area (TPSA) is 54.0 Å². The molecule has 0 spiro atoms. The molecule has 5 nitrogen and oxygen atoms in total. The first-order valence-electron chi connectivity index (χ1n) is 6.06. The summed E-state index contributed by atoms with van der Waals surface area (Å²) in [6.07, 6.45) is -0.0302. The number of carbonyl (C=O) groups is 1. The van der Waals surface area contributed by atoms with Gasteiger partial charge in [0.25, 0.3) is 0 Å². The highest BCUT2D eigenvalue weighted by atomic mass is 28.4. The molecule has 0 aromatic heterocycles. The Balaban J connectivity index is 2.69. The van der Waals surface area contributed by atoms with Gasteiger partial charge in [0.15, 0.2) is 6.23 Å². The van der Waals surface area contributed by atoms with Crippen molar-refractivity contribution < 1.29 is 22.8 Å². The molecular formula is C14H20O5Si. The lowest BCUT2D eigenvalue weighted by molar-refractivity contribution is 0.0397. The van der Waals surface area contributed by atoms with Crippen molar-refractivity contribution in [2.75, 3.05) is 27.6 Å². The molecule has 1 aromatic carbocycles. The van der Waals surface area contributed by atoms with Crippen LogP contribution in [0.3, 0.4) is 0 Å². The second kappa shape index (κ2) is 7.35. The van der Waals surface area contributed by atoms with Gasteiger partial charge in [0, 0.05) is 21.3 Å². The molecule has 1 aromatic rings. The number of hydrogen-bond donors (Lipinski definition) is 0. The first kappa shape index (κ1) is 16.6. The molecule has 0 aliphatic heterocycles. The van der Waals surface area contributed by atoms with E-state index in [1.165, 1.54) is 21.3 Å². The largest absolute Gasteiger partial charge is 0.539 e. The summed E-state index contributed by atoms with van der Waals surface area (Å²) >= 11 is 0. The van der Waals surface area contributed by atoms with Gasteiger partial charge in [-0.3, -0.25) is 0 Å². The van der Waals surface area contributed by atoms with E-state index in [1.807, 2.05) is 19.1 Å². The van der Waals surface area contributed by atoms with Crippen molar-refractivity contribution in [1.29, 1.82) is 0 Å². The zero-order valence-electron chi connectivity index (χ0n) is 12.3. The predicted octanol–water partition coefficient (Wildman–Crippen LogP) is 2.29. The van der Waals surface area contributed by atoms with Gasteiger partial charge in [0.1, 0.15) is 0 Å². The molecule has 0 atom stereocenters. The average Bonchev–Trinajstić information content (AvgIpc) is 2.49. The van der Waals surface area contributed by atoms with Crippen molar-refractivity contribution in [3.8, 4) is 0 Å². The van der Waals surface area contributed by atoms with Crippen molar-refractivity contribution in [3.63, 3.8) is 0 Å². The van der Waals surface area contributed by atoms with Crippen LogP contribution in [0, 0.1) is 0 Å². The summed E-state index contributed by atoms with van der Waals surface area (Å²) in [4.78, 5) is 11.9. The molecule has 20 heavy (non-hydrogen) atoms. The fourth-order valence-electron chi connectivity index (χ4n) is 1.55. The van der Waals surface area contributed by atoms with E-state index in [0.29, 0.717) is 5.56 Å². The summed E-state index contributed by atoms with van der Waals surface area (Å²) in [5.41, 5.74) is 2.38. The zero-order chi connectivity index (χ0) is 15.2. The lowest BCUT2D eigenvalue weighted by Crippen LogP contribution is -2.48. The van der Waals surface area contributed by atoms with Gasteiger partial charge in [-0.05, 0) is 24.6 Å². The summed E-state index contributed by atoms with van der Waals surface area (Å²) in [6, 6.07) is 7.04. The summed E-state index contributed by atoms with van der Waals surface area (Å²) in [5, 5.41) is 0. The number of esters is 1. The summed E-state index contributed by atoms with van der Waals surface area (Å²) < 4.78 is 20.7. The standard InChI is InChI=1S/C14H20O5Si/c1-11(2)12-6-8-13(9-7-12)14(15)19-10-20(16-3,17-4)18-5/h6-9H,1,10H2,2-5H3. The summed E-state index contributed by atoms with van der Waals surface area (Å²) in [6.45, 7) is 5.75. The Morgan fingerprint density at radius 2 is 1.50 bits per heavy atom. The molecule has 0 fully saturated rings. The summed E-state index contributed by atoms with van der Waals surface area (Å²) in [7, 11) is 1.50. The van der Waals surface area contributed by atoms with Gasteiger partial charge in [-0.1, -0.05) is 24.3 Å². The van der Waals surface area contributed by atoms with Crippen LogP contribution in [0.5, 0.6) is 0 Å². The maximum Gasteiger partial charge on any atom is 0.539 e. The third-order valence-corrected chi connectivity index (χ3v) is 5.29. The third kappa shape index (κ3) is 4.01. The fraction of sp³-hybridized carbons (Fsp3) is 0.357. The number of hydrogen-bond acceptors (Lipinski definition) is 5. The van der Waals surface area contributed by atoms with E-state index in [4.69, 9.17) is 18.0 Å². The van der Waals surface area contributed by atoms with E-state index in [9.17, 15) is 4.79 Å². The molecule has 0 bridgehead atoms. The minimum atomic E-state index is -2.90. The molecule has 0 aliphatic carbocycles. The molecule has 110 valence electrons. The molecule has 0 amide bonds. The van der Waals surface area contributed by atoms with Crippen LogP contribution in [0.15, 0.2) is 30.8 Å². The van der Waals surface area contributed by atoms with Gasteiger partial charge in [-0.2, -0.15) is 0 Å². The molecule has 0 N–H and O–H groups in total. The van der Waals surface area contributed by atoms with Crippen LogP contribution < -0.4 is 0 Å². The minimum absolute atomic E-state index is 0.0302. The summed E-state index contributed by atoms with van der Waals surface area (Å²) in [5.74, 6) is -0.443. The highest BCUT2D eigenvalue weighted by Crippen LogP contribution is 2.14. The molecular weight excluding hydrogens is 276 g/mol. The quantitative estimate of drug-likeness (QED) is 0.571. The van der Waals surface area contributed by atoms with Crippen molar-refractivity contribution in [3.05, 3.63) is 42.0 Å². The molecule has 0 saturated heterocycles. The van der Waals surface area contributed by atoms with E-state index in [1.54, 1.807) is 12.1 Å². The van der Waals surface area contributed by atoms with Gasteiger partial charge in [0.05, 0.1) is 5.56 Å². The van der Waals surface area contributed by atoms with E-state index < -0.39 is 14.8 Å². The van der Waals surface area contributed by atoms with Crippen molar-refractivity contribution >= 4 is 20.3 Å². The third-order valence-electron chi connectivity index (χ3n) is 2.93. The Hall–Kier alpha value is -1.47. The van der Waals surface area contributed by atoms with Crippen molar-refractivity contribution in [1.82, 2.24) is 0 Å². The van der Waals surface area contributed by atoms with Crippen molar-refractivity contribution in [2.45, 2.75) is 6.92 Å². The molecule has 0 heterocycles. The smallest absolute Gasteiger partial charge is 0.457 e. The molecule has 6 heteroatoms. The average molecular weight is 296 g/mol. The molecule has 0 radical (unpaired) electrons. The van der Waals surface area contributed by atoms with Crippen LogP contribution in [0.4, 0.5) is 0 Å². The van der Waals surface area contributed by atoms with E-state index in [2.05, 4.69) is 6.58 Å². The Bertz CT molecular complexity index is 457. The fourth-order valence-corrected chi connectivity index (χ4v) is 2.72. The number of allylic oxidation sites excluding steroid dienone is 1. The Morgan fingerprint density at radius 3 is 1.90 bits per heavy atom. The van der Waals surface area contributed by atoms with E-state index in [0.717, 1.165) is 11.1 Å². The lowest BCUT2D eigenvalue weighted by atomic mass is 10.1. The van der Waals surface area contributed by atoms with E-state index in [-0.39, 0.29) is 6.23 Å². The Morgan fingerprint density at radius 1 is 1.05 bits per heavy atom.